The zero-order valence-corrected chi connectivity index (χ0v) is 23.8. The number of hydrogen-bond donors (Lipinski definition) is 3. The van der Waals surface area contributed by atoms with E-state index in [9.17, 15) is 19.2 Å². The van der Waals surface area contributed by atoms with E-state index in [4.69, 9.17) is 10.5 Å². The Balaban J connectivity index is 3.53. The number of rotatable bonds is 13. The van der Waals surface area contributed by atoms with E-state index in [1.807, 2.05) is 52.8 Å². The van der Waals surface area contributed by atoms with Crippen LogP contribution in [-0.4, -0.2) is 52.9 Å². The maximum atomic E-state index is 14.0. The summed E-state index contributed by atoms with van der Waals surface area (Å²) in [5.41, 5.74) is 7.20. The molecule has 0 bridgehead atoms. The topological polar surface area (TPSA) is 131 Å². The van der Waals surface area contributed by atoms with Gasteiger partial charge in [-0.2, -0.15) is 0 Å². The highest BCUT2D eigenvalue weighted by Crippen LogP contribution is 2.28. The molecule has 0 spiro atoms. The SMILES string of the molecule is CCCC(C)NC(=O)C(c1cccc(C)c1C)N(CCC)C(=O)C(CCC(N)=O)NC(=O)OC(C)(C)C. The minimum Gasteiger partial charge on any atom is -0.444 e. The Morgan fingerprint density at radius 2 is 1.68 bits per heavy atom. The second-order valence-corrected chi connectivity index (χ2v) is 10.6. The van der Waals surface area contributed by atoms with Crippen molar-refractivity contribution in [3.8, 4) is 0 Å². The van der Waals surface area contributed by atoms with Crippen LogP contribution in [0.3, 0.4) is 0 Å². The Hall–Kier alpha value is -3.10. The van der Waals surface area contributed by atoms with Crippen LogP contribution in [0.25, 0.3) is 0 Å². The summed E-state index contributed by atoms with van der Waals surface area (Å²) in [6, 6.07) is 3.59. The molecular formula is C28H46N4O5. The fraction of sp³-hybridized carbons (Fsp3) is 0.643. The predicted octanol–water partition coefficient (Wildman–Crippen LogP) is 4.05. The van der Waals surface area contributed by atoms with Crippen LogP contribution in [-0.2, 0) is 19.1 Å². The Morgan fingerprint density at radius 3 is 2.22 bits per heavy atom. The van der Waals surface area contributed by atoms with Crippen molar-refractivity contribution in [2.24, 2.45) is 5.73 Å². The Morgan fingerprint density at radius 1 is 1.03 bits per heavy atom. The molecule has 0 saturated carbocycles. The molecule has 9 nitrogen and oxygen atoms in total. The van der Waals surface area contributed by atoms with E-state index >= 15 is 0 Å². The number of carbonyl (C=O) groups excluding carboxylic acids is 4. The molecule has 0 fully saturated rings. The molecule has 1 aromatic rings. The number of primary amides is 1. The largest absolute Gasteiger partial charge is 0.444 e. The number of amides is 4. The average molecular weight is 519 g/mol. The molecule has 208 valence electrons. The second kappa shape index (κ2) is 14.6. The molecule has 0 aromatic heterocycles. The Labute approximate surface area is 221 Å². The molecule has 4 N–H and O–H groups in total. The highest BCUT2D eigenvalue weighted by molar-refractivity contribution is 5.92. The first-order valence-corrected chi connectivity index (χ1v) is 13.2. The van der Waals surface area contributed by atoms with E-state index in [0.29, 0.717) is 12.0 Å². The lowest BCUT2D eigenvalue weighted by Gasteiger charge is -2.35. The van der Waals surface area contributed by atoms with E-state index in [0.717, 1.165) is 24.0 Å². The molecule has 0 aliphatic heterocycles. The first-order chi connectivity index (χ1) is 17.2. The lowest BCUT2D eigenvalue weighted by atomic mass is 9.94. The van der Waals surface area contributed by atoms with Crippen molar-refractivity contribution in [2.45, 2.75) is 111 Å². The van der Waals surface area contributed by atoms with Crippen molar-refractivity contribution in [3.05, 3.63) is 34.9 Å². The van der Waals surface area contributed by atoms with Gasteiger partial charge in [-0.1, -0.05) is 38.5 Å². The first kappa shape index (κ1) is 31.9. The number of ether oxygens (including phenoxy) is 1. The average Bonchev–Trinajstić information content (AvgIpc) is 2.77. The second-order valence-electron chi connectivity index (χ2n) is 10.6. The van der Waals surface area contributed by atoms with E-state index in [1.54, 1.807) is 20.8 Å². The molecule has 0 aliphatic carbocycles. The molecular weight excluding hydrogens is 472 g/mol. The van der Waals surface area contributed by atoms with Crippen LogP contribution in [0.15, 0.2) is 18.2 Å². The molecule has 4 amide bonds. The third kappa shape index (κ3) is 10.4. The number of aryl methyl sites for hydroxylation is 1. The van der Waals surface area contributed by atoms with Gasteiger partial charge >= 0.3 is 6.09 Å². The molecule has 3 atom stereocenters. The zero-order chi connectivity index (χ0) is 28.3. The van der Waals surface area contributed by atoms with Crippen molar-refractivity contribution in [2.75, 3.05) is 6.54 Å². The van der Waals surface area contributed by atoms with Gasteiger partial charge in [-0.25, -0.2) is 4.79 Å². The van der Waals surface area contributed by atoms with Gasteiger partial charge in [0.1, 0.15) is 17.7 Å². The molecule has 0 radical (unpaired) electrons. The number of benzene rings is 1. The van der Waals surface area contributed by atoms with Gasteiger partial charge in [-0.05, 0) is 77.5 Å². The van der Waals surface area contributed by atoms with Gasteiger partial charge in [0.2, 0.25) is 17.7 Å². The summed E-state index contributed by atoms with van der Waals surface area (Å²) in [7, 11) is 0. The first-order valence-electron chi connectivity index (χ1n) is 13.2. The third-order valence-corrected chi connectivity index (χ3v) is 6.03. The normalized spacial score (nSPS) is 13.7. The summed E-state index contributed by atoms with van der Waals surface area (Å²) >= 11 is 0. The van der Waals surface area contributed by atoms with Gasteiger partial charge in [0.25, 0.3) is 0 Å². The van der Waals surface area contributed by atoms with Crippen LogP contribution in [0.1, 0.15) is 96.4 Å². The molecule has 0 saturated heterocycles. The monoisotopic (exact) mass is 518 g/mol. The van der Waals surface area contributed by atoms with Crippen molar-refractivity contribution in [3.63, 3.8) is 0 Å². The van der Waals surface area contributed by atoms with Gasteiger partial charge in [-0.3, -0.25) is 14.4 Å². The fourth-order valence-electron chi connectivity index (χ4n) is 4.15. The molecule has 0 heterocycles. The maximum Gasteiger partial charge on any atom is 0.408 e. The number of carbonyl (C=O) groups is 4. The van der Waals surface area contributed by atoms with E-state index in [-0.39, 0.29) is 31.3 Å². The lowest BCUT2D eigenvalue weighted by Crippen LogP contribution is -2.54. The van der Waals surface area contributed by atoms with E-state index in [1.165, 1.54) is 4.90 Å². The Bertz CT molecular complexity index is 941. The summed E-state index contributed by atoms with van der Waals surface area (Å²) in [6.45, 7) is 15.2. The molecule has 1 aromatic carbocycles. The van der Waals surface area contributed by atoms with Crippen LogP contribution in [0.5, 0.6) is 0 Å². The van der Waals surface area contributed by atoms with Crippen molar-refractivity contribution in [1.82, 2.24) is 15.5 Å². The molecule has 0 aliphatic rings. The van der Waals surface area contributed by atoms with Gasteiger partial charge in [0.15, 0.2) is 0 Å². The van der Waals surface area contributed by atoms with Crippen molar-refractivity contribution in [1.29, 1.82) is 0 Å². The number of hydrogen-bond acceptors (Lipinski definition) is 5. The number of nitrogens with zero attached hydrogens (tertiary/aromatic N) is 1. The summed E-state index contributed by atoms with van der Waals surface area (Å²) in [5, 5.41) is 5.67. The number of alkyl carbamates (subject to hydrolysis) is 1. The van der Waals surface area contributed by atoms with Gasteiger partial charge < -0.3 is 26.0 Å². The predicted molar refractivity (Wildman–Crippen MR) is 145 cm³/mol. The number of nitrogens with two attached hydrogens (primary N) is 1. The zero-order valence-electron chi connectivity index (χ0n) is 23.8. The van der Waals surface area contributed by atoms with Crippen LogP contribution in [0.2, 0.25) is 0 Å². The lowest BCUT2D eigenvalue weighted by molar-refractivity contribution is -0.143. The molecule has 9 heteroatoms. The van der Waals surface area contributed by atoms with Gasteiger partial charge in [0, 0.05) is 19.0 Å². The minimum atomic E-state index is -1.10. The van der Waals surface area contributed by atoms with Crippen LogP contribution in [0.4, 0.5) is 4.79 Å². The molecule has 3 unspecified atom stereocenters. The highest BCUT2D eigenvalue weighted by Gasteiger charge is 2.37. The summed E-state index contributed by atoms with van der Waals surface area (Å²) < 4.78 is 5.36. The van der Waals surface area contributed by atoms with Crippen LogP contribution >= 0.6 is 0 Å². The smallest absolute Gasteiger partial charge is 0.408 e. The highest BCUT2D eigenvalue weighted by atomic mass is 16.6. The van der Waals surface area contributed by atoms with Gasteiger partial charge in [-0.15, -0.1) is 0 Å². The van der Waals surface area contributed by atoms with E-state index < -0.39 is 35.6 Å². The van der Waals surface area contributed by atoms with Gasteiger partial charge in [0.05, 0.1) is 0 Å². The summed E-state index contributed by atoms with van der Waals surface area (Å²) in [5.74, 6) is -1.36. The standard InChI is InChI=1S/C28H46N4O5/c1-9-12-19(4)30-25(34)24(21-14-11-13-18(3)20(21)5)32(17-10-2)26(35)22(15-16-23(29)33)31-27(36)37-28(6,7)8/h11,13-14,19,22,24H,9-10,12,15-17H2,1-8H3,(H2,29,33)(H,30,34)(H,31,36). The molecule has 1 rings (SSSR count). The van der Waals surface area contributed by atoms with Crippen LogP contribution < -0.4 is 16.4 Å². The summed E-state index contributed by atoms with van der Waals surface area (Å²) in [4.78, 5) is 53.4. The van der Waals surface area contributed by atoms with E-state index in [2.05, 4.69) is 10.6 Å². The quantitative estimate of drug-likeness (QED) is 0.363. The number of nitrogens with one attached hydrogen (secondary N) is 2. The third-order valence-electron chi connectivity index (χ3n) is 6.03. The Kier molecular flexibility index (Phi) is 12.6. The van der Waals surface area contributed by atoms with Crippen molar-refractivity contribution >= 4 is 23.8 Å². The molecule has 37 heavy (non-hydrogen) atoms. The fourth-order valence-corrected chi connectivity index (χ4v) is 4.15. The minimum absolute atomic E-state index is 0.0129. The van der Waals surface area contributed by atoms with Crippen molar-refractivity contribution < 1.29 is 23.9 Å². The maximum absolute atomic E-state index is 14.0. The summed E-state index contributed by atoms with van der Waals surface area (Å²) in [6.07, 6.45) is 1.38. The van der Waals surface area contributed by atoms with Crippen LogP contribution in [0, 0.1) is 13.8 Å².